The second-order valence-corrected chi connectivity index (χ2v) is 9.26. The number of aryl methyl sites for hydroxylation is 1. The van der Waals surface area contributed by atoms with Crippen LogP contribution >= 0.6 is 0 Å². The van der Waals surface area contributed by atoms with Gasteiger partial charge < -0.3 is 19.1 Å². The number of hydrogen-bond donors (Lipinski definition) is 0. The van der Waals surface area contributed by atoms with Gasteiger partial charge in [-0.25, -0.2) is 9.07 Å². The van der Waals surface area contributed by atoms with E-state index in [9.17, 15) is 9.18 Å². The van der Waals surface area contributed by atoms with Crippen molar-refractivity contribution in [3.8, 4) is 5.69 Å². The summed E-state index contributed by atoms with van der Waals surface area (Å²) in [7, 11) is 0. The van der Waals surface area contributed by atoms with Crippen molar-refractivity contribution in [1.82, 2.24) is 19.6 Å². The summed E-state index contributed by atoms with van der Waals surface area (Å²) in [6, 6.07) is 9.93. The summed E-state index contributed by atoms with van der Waals surface area (Å²) in [6.07, 6.45) is 1.52. The highest BCUT2D eigenvalue weighted by Crippen LogP contribution is 2.30. The van der Waals surface area contributed by atoms with Crippen LogP contribution in [0.25, 0.3) is 5.69 Å². The average Bonchev–Trinajstić information content (AvgIpc) is 3.47. The fourth-order valence-corrected chi connectivity index (χ4v) is 4.53. The highest BCUT2D eigenvalue weighted by atomic mass is 19.1. The summed E-state index contributed by atoms with van der Waals surface area (Å²) >= 11 is 0. The number of benzene rings is 1. The number of piperazine rings is 1. The molecule has 1 aliphatic heterocycles. The van der Waals surface area contributed by atoms with Gasteiger partial charge in [0.05, 0.1) is 24.2 Å². The molecule has 2 aromatic heterocycles. The summed E-state index contributed by atoms with van der Waals surface area (Å²) in [5, 5.41) is 4.82. The Morgan fingerprint density at radius 1 is 1.18 bits per heavy atom. The molecule has 0 bridgehead atoms. The Bertz CT molecular complexity index is 1100. The minimum atomic E-state index is -0.302. The number of carbonyl (C=O) groups excluding carboxylic acids is 1. The van der Waals surface area contributed by atoms with Crippen molar-refractivity contribution in [2.24, 2.45) is 5.92 Å². The number of hydrogen-bond acceptors (Lipinski definition) is 5. The number of likely N-dealkylation sites (N-methyl/N-ethyl adjacent to an activating group) is 1. The number of anilines is 1. The summed E-state index contributed by atoms with van der Waals surface area (Å²) in [5.41, 5.74) is 2.49. The topological polar surface area (TPSA) is 57.8 Å². The van der Waals surface area contributed by atoms with Gasteiger partial charge in [-0.15, -0.1) is 0 Å². The van der Waals surface area contributed by atoms with Crippen LogP contribution in [0.3, 0.4) is 0 Å². The molecule has 4 rings (SSSR count). The van der Waals surface area contributed by atoms with Gasteiger partial charge in [0.1, 0.15) is 11.6 Å². The minimum absolute atomic E-state index is 0.140. The molecule has 0 saturated carbocycles. The van der Waals surface area contributed by atoms with Gasteiger partial charge in [0.15, 0.2) is 5.76 Å². The number of rotatable bonds is 8. The number of furan rings is 1. The van der Waals surface area contributed by atoms with E-state index < -0.39 is 0 Å². The van der Waals surface area contributed by atoms with Crippen LogP contribution in [0.15, 0.2) is 47.1 Å². The predicted octanol–water partition coefficient (Wildman–Crippen LogP) is 4.35. The Balaban J connectivity index is 1.75. The molecule has 1 aromatic carbocycles. The van der Waals surface area contributed by atoms with Gasteiger partial charge in [0.25, 0.3) is 5.91 Å². The predicted molar refractivity (Wildman–Crippen MR) is 131 cm³/mol. The maximum atomic E-state index is 14.1. The largest absolute Gasteiger partial charge is 0.459 e. The first-order valence-corrected chi connectivity index (χ1v) is 12.0. The van der Waals surface area contributed by atoms with Crippen molar-refractivity contribution >= 4 is 11.7 Å². The fourth-order valence-electron chi connectivity index (χ4n) is 4.53. The van der Waals surface area contributed by atoms with Crippen LogP contribution < -0.4 is 4.90 Å². The lowest BCUT2D eigenvalue weighted by Crippen LogP contribution is -2.47. The Morgan fingerprint density at radius 2 is 1.94 bits per heavy atom. The molecule has 3 heterocycles. The molecule has 182 valence electrons. The van der Waals surface area contributed by atoms with E-state index in [1.54, 1.807) is 18.2 Å². The third-order valence-electron chi connectivity index (χ3n) is 6.28. The SMILES string of the molecule is CCN1CCN(c2c(CN(CC(C)C)C(=O)c3ccco3)c(C)nn2-c2cccc(F)c2)CC1. The van der Waals surface area contributed by atoms with E-state index in [2.05, 4.69) is 30.6 Å². The Labute approximate surface area is 200 Å². The molecule has 34 heavy (non-hydrogen) atoms. The number of carbonyl (C=O) groups is 1. The lowest BCUT2D eigenvalue weighted by Gasteiger charge is -2.36. The van der Waals surface area contributed by atoms with Crippen molar-refractivity contribution in [1.29, 1.82) is 0 Å². The number of nitrogens with zero attached hydrogens (tertiary/aromatic N) is 5. The van der Waals surface area contributed by atoms with Crippen molar-refractivity contribution in [2.45, 2.75) is 34.2 Å². The van der Waals surface area contributed by atoms with Gasteiger partial charge in [0.2, 0.25) is 0 Å². The smallest absolute Gasteiger partial charge is 0.289 e. The first kappa shape index (κ1) is 24.0. The maximum absolute atomic E-state index is 14.1. The molecule has 1 saturated heterocycles. The van der Waals surface area contributed by atoms with Gasteiger partial charge in [-0.05, 0) is 49.7 Å². The van der Waals surface area contributed by atoms with Gasteiger partial charge in [-0.3, -0.25) is 4.79 Å². The highest BCUT2D eigenvalue weighted by Gasteiger charge is 2.28. The number of halogens is 1. The molecule has 0 unspecified atom stereocenters. The third kappa shape index (κ3) is 5.17. The van der Waals surface area contributed by atoms with E-state index >= 15 is 0 Å². The minimum Gasteiger partial charge on any atom is -0.459 e. The van der Waals surface area contributed by atoms with Crippen LogP contribution in [0.4, 0.5) is 10.2 Å². The van der Waals surface area contributed by atoms with E-state index in [1.165, 1.54) is 18.4 Å². The Hall–Kier alpha value is -3.13. The van der Waals surface area contributed by atoms with Crippen LogP contribution in [0, 0.1) is 18.7 Å². The third-order valence-corrected chi connectivity index (χ3v) is 6.28. The number of aromatic nitrogens is 2. The van der Waals surface area contributed by atoms with Crippen LogP contribution in [0.2, 0.25) is 0 Å². The summed E-state index contributed by atoms with van der Waals surface area (Å²) in [4.78, 5) is 19.8. The van der Waals surface area contributed by atoms with Crippen molar-refractivity contribution < 1.29 is 13.6 Å². The normalized spacial score (nSPS) is 14.7. The van der Waals surface area contributed by atoms with Gasteiger partial charge in [-0.1, -0.05) is 26.8 Å². The molecule has 3 aromatic rings. The van der Waals surface area contributed by atoms with Crippen molar-refractivity contribution in [3.05, 3.63) is 65.5 Å². The van der Waals surface area contributed by atoms with Crippen LogP contribution in [-0.4, -0.2) is 64.8 Å². The molecular formula is C26H34FN5O2. The van der Waals surface area contributed by atoms with Gasteiger partial charge in [-0.2, -0.15) is 5.10 Å². The Kier molecular flexibility index (Phi) is 7.36. The first-order valence-electron chi connectivity index (χ1n) is 12.0. The van der Waals surface area contributed by atoms with Gasteiger partial charge >= 0.3 is 0 Å². The van der Waals surface area contributed by atoms with E-state index in [0.717, 1.165) is 49.8 Å². The molecule has 1 fully saturated rings. The lowest BCUT2D eigenvalue weighted by molar-refractivity contribution is 0.0690. The standard InChI is InChI=1S/C26H34FN5O2/c1-5-29-11-13-30(14-12-29)25-23(20(4)28-32(25)22-9-6-8-21(27)16-22)18-31(17-19(2)3)26(33)24-10-7-15-34-24/h6-10,15-16,19H,5,11-14,17-18H2,1-4H3. The van der Waals surface area contributed by atoms with Gasteiger partial charge in [0, 0.05) is 38.3 Å². The molecule has 0 aliphatic carbocycles. The molecule has 1 amide bonds. The summed E-state index contributed by atoms with van der Waals surface area (Å²) in [6.45, 7) is 13.9. The van der Waals surface area contributed by atoms with E-state index in [0.29, 0.717) is 24.5 Å². The molecule has 0 radical (unpaired) electrons. The molecule has 0 atom stereocenters. The maximum Gasteiger partial charge on any atom is 0.289 e. The lowest BCUT2D eigenvalue weighted by atomic mass is 10.1. The summed E-state index contributed by atoms with van der Waals surface area (Å²) in [5.74, 6) is 1.10. The molecule has 1 aliphatic rings. The van der Waals surface area contributed by atoms with Crippen LogP contribution in [-0.2, 0) is 6.54 Å². The highest BCUT2D eigenvalue weighted by molar-refractivity contribution is 5.91. The monoisotopic (exact) mass is 467 g/mol. The van der Waals surface area contributed by atoms with Crippen molar-refractivity contribution in [3.63, 3.8) is 0 Å². The van der Waals surface area contributed by atoms with Crippen molar-refractivity contribution in [2.75, 3.05) is 44.2 Å². The zero-order valence-electron chi connectivity index (χ0n) is 20.5. The molecule has 8 heteroatoms. The van der Waals surface area contributed by atoms with E-state index in [4.69, 9.17) is 9.52 Å². The van der Waals surface area contributed by atoms with Crippen LogP contribution in [0.1, 0.15) is 42.6 Å². The van der Waals surface area contributed by atoms with Crippen LogP contribution in [0.5, 0.6) is 0 Å². The average molecular weight is 468 g/mol. The zero-order chi connectivity index (χ0) is 24.2. The second-order valence-electron chi connectivity index (χ2n) is 9.26. The fraction of sp³-hybridized carbons (Fsp3) is 0.462. The summed E-state index contributed by atoms with van der Waals surface area (Å²) < 4.78 is 21.4. The molecule has 0 spiro atoms. The van der Waals surface area contributed by atoms with E-state index in [-0.39, 0.29) is 17.6 Å². The quantitative estimate of drug-likeness (QED) is 0.493. The molecule has 7 nitrogen and oxygen atoms in total. The number of amides is 1. The molecular weight excluding hydrogens is 433 g/mol. The second kappa shape index (κ2) is 10.4. The zero-order valence-corrected chi connectivity index (χ0v) is 20.5. The molecule has 0 N–H and O–H groups in total. The Morgan fingerprint density at radius 3 is 2.56 bits per heavy atom. The van der Waals surface area contributed by atoms with E-state index in [1.807, 2.05) is 22.6 Å². The first-order chi connectivity index (χ1) is 16.4.